The van der Waals surface area contributed by atoms with Gasteiger partial charge in [-0.15, -0.1) is 10.2 Å². The lowest BCUT2D eigenvalue weighted by Crippen LogP contribution is -2.23. The number of nitrogens with zero attached hydrogens (tertiary/aromatic N) is 3. The number of rotatable bonds is 6. The van der Waals surface area contributed by atoms with Crippen LogP contribution in [0, 0.1) is 5.82 Å². The zero-order chi connectivity index (χ0) is 22.5. The summed E-state index contributed by atoms with van der Waals surface area (Å²) in [6, 6.07) is 23.2. The number of carbonyl (C=O) groups excluding carboxylic acids is 1. The summed E-state index contributed by atoms with van der Waals surface area (Å²) in [4.78, 5) is 17.3. The second-order valence-corrected chi connectivity index (χ2v) is 8.61. The van der Waals surface area contributed by atoms with Gasteiger partial charge >= 0.3 is 0 Å². The van der Waals surface area contributed by atoms with Gasteiger partial charge in [0.15, 0.2) is 0 Å². The van der Waals surface area contributed by atoms with E-state index in [1.165, 1.54) is 23.9 Å². The van der Waals surface area contributed by atoms with Gasteiger partial charge in [-0.25, -0.2) is 9.37 Å². The Hall–Kier alpha value is -3.29. The SMILES string of the molecule is CC(Sc1nnc(-c2ccccc2)c(-c2ccccc2)n1)C(=O)Nc1ccc(F)cc1Cl. The maximum absolute atomic E-state index is 13.2. The summed E-state index contributed by atoms with van der Waals surface area (Å²) in [5, 5.41) is 11.3. The number of anilines is 1. The first kappa shape index (κ1) is 21.9. The largest absolute Gasteiger partial charge is 0.324 e. The zero-order valence-corrected chi connectivity index (χ0v) is 18.6. The molecule has 4 rings (SSSR count). The highest BCUT2D eigenvalue weighted by Gasteiger charge is 2.20. The van der Waals surface area contributed by atoms with Gasteiger partial charge in [0.2, 0.25) is 11.1 Å². The van der Waals surface area contributed by atoms with Crippen LogP contribution in [0.3, 0.4) is 0 Å². The van der Waals surface area contributed by atoms with Gasteiger partial charge in [-0.1, -0.05) is 84.0 Å². The number of halogens is 2. The van der Waals surface area contributed by atoms with E-state index in [0.29, 0.717) is 22.2 Å². The first-order chi connectivity index (χ1) is 15.5. The molecule has 0 spiro atoms. The molecular weight excluding hydrogens is 447 g/mol. The van der Waals surface area contributed by atoms with E-state index in [2.05, 4.69) is 15.5 Å². The molecule has 0 aliphatic heterocycles. The molecule has 0 saturated carbocycles. The molecule has 32 heavy (non-hydrogen) atoms. The van der Waals surface area contributed by atoms with Crippen LogP contribution in [0.5, 0.6) is 0 Å². The van der Waals surface area contributed by atoms with E-state index < -0.39 is 11.1 Å². The molecular formula is C24H18ClFN4OS. The van der Waals surface area contributed by atoms with Crippen molar-refractivity contribution in [3.8, 4) is 22.5 Å². The van der Waals surface area contributed by atoms with Crippen LogP contribution in [0.25, 0.3) is 22.5 Å². The second kappa shape index (κ2) is 9.89. The summed E-state index contributed by atoms with van der Waals surface area (Å²) in [6.07, 6.45) is 0. The van der Waals surface area contributed by atoms with Gasteiger partial charge in [0.25, 0.3) is 0 Å². The van der Waals surface area contributed by atoms with E-state index in [1.807, 2.05) is 60.7 Å². The summed E-state index contributed by atoms with van der Waals surface area (Å²) in [5.41, 5.74) is 3.49. The van der Waals surface area contributed by atoms with Crippen molar-refractivity contribution in [2.75, 3.05) is 5.32 Å². The predicted octanol–water partition coefficient (Wildman–Crippen LogP) is 6.12. The number of hydrogen-bond acceptors (Lipinski definition) is 5. The number of thioether (sulfide) groups is 1. The minimum Gasteiger partial charge on any atom is -0.324 e. The Morgan fingerprint density at radius 1 is 0.938 bits per heavy atom. The van der Waals surface area contributed by atoms with E-state index in [0.717, 1.165) is 17.2 Å². The molecule has 0 aliphatic carbocycles. The van der Waals surface area contributed by atoms with Crippen molar-refractivity contribution in [2.24, 2.45) is 0 Å². The van der Waals surface area contributed by atoms with Crippen molar-refractivity contribution >= 4 is 35.0 Å². The lowest BCUT2D eigenvalue weighted by atomic mass is 10.0. The van der Waals surface area contributed by atoms with Gasteiger partial charge in [-0.3, -0.25) is 4.79 Å². The van der Waals surface area contributed by atoms with Gasteiger partial charge in [-0.05, 0) is 25.1 Å². The quantitative estimate of drug-likeness (QED) is 0.348. The van der Waals surface area contributed by atoms with Crippen LogP contribution in [0.1, 0.15) is 6.92 Å². The first-order valence-electron chi connectivity index (χ1n) is 9.79. The Morgan fingerprint density at radius 2 is 1.56 bits per heavy atom. The predicted molar refractivity (Wildman–Crippen MR) is 126 cm³/mol. The number of amides is 1. The van der Waals surface area contributed by atoms with Crippen LogP contribution in [-0.4, -0.2) is 26.3 Å². The van der Waals surface area contributed by atoms with Crippen molar-refractivity contribution in [1.29, 1.82) is 0 Å². The van der Waals surface area contributed by atoms with E-state index in [-0.39, 0.29) is 10.9 Å². The molecule has 160 valence electrons. The average Bonchev–Trinajstić information content (AvgIpc) is 2.82. The van der Waals surface area contributed by atoms with Crippen molar-refractivity contribution in [1.82, 2.24) is 15.2 Å². The van der Waals surface area contributed by atoms with Gasteiger partial charge in [0.05, 0.1) is 16.0 Å². The van der Waals surface area contributed by atoms with Gasteiger partial charge < -0.3 is 5.32 Å². The van der Waals surface area contributed by atoms with E-state index in [9.17, 15) is 9.18 Å². The van der Waals surface area contributed by atoms with Crippen molar-refractivity contribution in [3.05, 3.63) is 89.7 Å². The van der Waals surface area contributed by atoms with Crippen LogP contribution in [0.2, 0.25) is 5.02 Å². The topological polar surface area (TPSA) is 67.8 Å². The Labute approximate surface area is 194 Å². The minimum absolute atomic E-state index is 0.132. The fraction of sp³-hybridized carbons (Fsp3) is 0.0833. The second-order valence-electron chi connectivity index (χ2n) is 6.90. The standard InChI is InChI=1S/C24H18ClFN4OS/c1-15(23(31)27-20-13-12-18(26)14-19(20)25)32-24-28-21(16-8-4-2-5-9-16)22(29-30-24)17-10-6-3-7-11-17/h2-15H,1H3,(H,27,31). The lowest BCUT2D eigenvalue weighted by molar-refractivity contribution is -0.115. The molecule has 1 atom stereocenters. The van der Waals surface area contributed by atoms with Gasteiger partial charge in [-0.2, -0.15) is 0 Å². The van der Waals surface area contributed by atoms with Crippen LogP contribution in [-0.2, 0) is 4.79 Å². The molecule has 0 fully saturated rings. The lowest BCUT2D eigenvalue weighted by Gasteiger charge is -2.13. The molecule has 1 amide bonds. The van der Waals surface area contributed by atoms with Crippen LogP contribution >= 0.6 is 23.4 Å². The molecule has 0 aliphatic rings. The van der Waals surface area contributed by atoms with E-state index in [4.69, 9.17) is 16.6 Å². The Kier molecular flexibility index (Phi) is 6.78. The normalized spacial score (nSPS) is 11.7. The highest BCUT2D eigenvalue weighted by Crippen LogP contribution is 2.31. The molecule has 1 N–H and O–H groups in total. The number of nitrogens with one attached hydrogen (secondary N) is 1. The molecule has 8 heteroatoms. The maximum atomic E-state index is 13.2. The molecule has 3 aromatic carbocycles. The third-order valence-corrected chi connectivity index (χ3v) is 5.87. The third-order valence-electron chi connectivity index (χ3n) is 4.60. The Bertz CT molecular complexity index is 1240. The Balaban J connectivity index is 1.59. The smallest absolute Gasteiger partial charge is 0.237 e. The van der Waals surface area contributed by atoms with Crippen molar-refractivity contribution in [2.45, 2.75) is 17.3 Å². The molecule has 0 radical (unpaired) electrons. The number of carbonyl (C=O) groups is 1. The molecule has 5 nitrogen and oxygen atoms in total. The first-order valence-corrected chi connectivity index (χ1v) is 11.0. The molecule has 0 saturated heterocycles. The van der Waals surface area contributed by atoms with Crippen molar-refractivity contribution in [3.63, 3.8) is 0 Å². The fourth-order valence-electron chi connectivity index (χ4n) is 2.99. The molecule has 0 bridgehead atoms. The van der Waals surface area contributed by atoms with Crippen molar-refractivity contribution < 1.29 is 9.18 Å². The molecule has 1 aromatic heterocycles. The Morgan fingerprint density at radius 3 is 2.19 bits per heavy atom. The third kappa shape index (κ3) is 5.12. The molecule has 1 heterocycles. The summed E-state index contributed by atoms with van der Waals surface area (Å²) in [7, 11) is 0. The maximum Gasteiger partial charge on any atom is 0.237 e. The summed E-state index contributed by atoms with van der Waals surface area (Å²) in [5.74, 6) is -0.776. The van der Waals surface area contributed by atoms with Crippen LogP contribution < -0.4 is 5.32 Å². The monoisotopic (exact) mass is 464 g/mol. The van der Waals surface area contributed by atoms with Crippen LogP contribution in [0.4, 0.5) is 10.1 Å². The molecule has 1 unspecified atom stereocenters. The fourth-order valence-corrected chi connectivity index (χ4v) is 3.91. The summed E-state index contributed by atoms with van der Waals surface area (Å²) >= 11 is 7.19. The minimum atomic E-state index is -0.538. The summed E-state index contributed by atoms with van der Waals surface area (Å²) in [6.45, 7) is 1.73. The van der Waals surface area contributed by atoms with Gasteiger partial charge in [0, 0.05) is 11.1 Å². The van der Waals surface area contributed by atoms with E-state index >= 15 is 0 Å². The average molecular weight is 465 g/mol. The summed E-state index contributed by atoms with van der Waals surface area (Å²) < 4.78 is 13.2. The van der Waals surface area contributed by atoms with Crippen LogP contribution in [0.15, 0.2) is 84.0 Å². The molecule has 4 aromatic rings. The number of benzene rings is 3. The number of hydrogen-bond donors (Lipinski definition) is 1. The zero-order valence-electron chi connectivity index (χ0n) is 17.0. The van der Waals surface area contributed by atoms with Gasteiger partial charge in [0.1, 0.15) is 17.2 Å². The van der Waals surface area contributed by atoms with E-state index in [1.54, 1.807) is 6.92 Å². The highest BCUT2D eigenvalue weighted by molar-refractivity contribution is 8.00. The highest BCUT2D eigenvalue weighted by atomic mass is 35.5. The number of aromatic nitrogens is 3.